The highest BCUT2D eigenvalue weighted by molar-refractivity contribution is 7.98. The largest absolute Gasteiger partial charge is 0.368 e. The first kappa shape index (κ1) is 20.6. The SMILES string of the molecule is CSc1ccccc1CNc1ncc(C#N)c(NCC23CC4CC(C2)C(N)C(C4)C3)n1. The number of anilines is 2. The Kier molecular flexibility index (Phi) is 5.53. The van der Waals surface area contributed by atoms with E-state index in [0.717, 1.165) is 12.5 Å². The Balaban J connectivity index is 1.29. The van der Waals surface area contributed by atoms with Gasteiger partial charge in [0.2, 0.25) is 5.95 Å². The Bertz CT molecular complexity index is 986. The minimum Gasteiger partial charge on any atom is -0.368 e. The third-order valence-electron chi connectivity index (χ3n) is 7.64. The van der Waals surface area contributed by atoms with Crippen molar-refractivity contribution in [3.05, 3.63) is 41.6 Å². The van der Waals surface area contributed by atoms with Crippen LogP contribution in [0, 0.1) is 34.5 Å². The number of aromatic nitrogens is 2. The van der Waals surface area contributed by atoms with Crippen LogP contribution in [0.15, 0.2) is 35.4 Å². The number of nitrogens with zero attached hydrogens (tertiary/aromatic N) is 3. The first-order valence-electron chi connectivity index (χ1n) is 11.2. The lowest BCUT2D eigenvalue weighted by Crippen LogP contribution is -2.58. The predicted molar refractivity (Wildman–Crippen MR) is 125 cm³/mol. The molecule has 4 bridgehead atoms. The van der Waals surface area contributed by atoms with Gasteiger partial charge in [-0.15, -0.1) is 11.8 Å². The van der Waals surface area contributed by atoms with Gasteiger partial charge in [-0.2, -0.15) is 10.2 Å². The molecule has 6 nitrogen and oxygen atoms in total. The Labute approximate surface area is 188 Å². The van der Waals surface area contributed by atoms with Gasteiger partial charge in [-0.3, -0.25) is 0 Å². The first-order chi connectivity index (χ1) is 15.1. The lowest BCUT2D eigenvalue weighted by atomic mass is 9.48. The van der Waals surface area contributed by atoms with Crippen LogP contribution in [-0.4, -0.2) is 28.8 Å². The van der Waals surface area contributed by atoms with E-state index in [9.17, 15) is 5.26 Å². The number of rotatable bonds is 7. The van der Waals surface area contributed by atoms with E-state index < -0.39 is 0 Å². The van der Waals surface area contributed by atoms with E-state index in [-0.39, 0.29) is 0 Å². The van der Waals surface area contributed by atoms with Gasteiger partial charge in [-0.05, 0) is 73.2 Å². The molecule has 1 aromatic carbocycles. The van der Waals surface area contributed by atoms with Gasteiger partial charge in [0.05, 0.1) is 6.20 Å². The molecule has 4 aliphatic rings. The van der Waals surface area contributed by atoms with Crippen molar-refractivity contribution in [2.45, 2.75) is 49.6 Å². The summed E-state index contributed by atoms with van der Waals surface area (Å²) in [7, 11) is 0. The van der Waals surface area contributed by atoms with E-state index in [1.807, 2.05) is 12.1 Å². The van der Waals surface area contributed by atoms with Crippen molar-refractivity contribution in [2.24, 2.45) is 28.9 Å². The fourth-order valence-corrected chi connectivity index (χ4v) is 7.04. The molecule has 4 aliphatic carbocycles. The first-order valence-corrected chi connectivity index (χ1v) is 12.4. The fraction of sp³-hybridized carbons (Fsp3) is 0.542. The minimum atomic E-state index is 0.301. The zero-order valence-electron chi connectivity index (χ0n) is 18.0. The van der Waals surface area contributed by atoms with Crippen molar-refractivity contribution < 1.29 is 0 Å². The maximum Gasteiger partial charge on any atom is 0.224 e. The monoisotopic (exact) mass is 434 g/mol. The average molecular weight is 435 g/mol. The van der Waals surface area contributed by atoms with Gasteiger partial charge >= 0.3 is 0 Å². The highest BCUT2D eigenvalue weighted by Gasteiger charge is 2.54. The van der Waals surface area contributed by atoms with Crippen LogP contribution in [0.3, 0.4) is 0 Å². The Hall–Kier alpha value is -2.30. The molecule has 4 fully saturated rings. The number of nitriles is 1. The van der Waals surface area contributed by atoms with Crippen LogP contribution in [-0.2, 0) is 6.54 Å². The smallest absolute Gasteiger partial charge is 0.224 e. The van der Waals surface area contributed by atoms with Crippen molar-refractivity contribution in [1.82, 2.24) is 9.97 Å². The summed E-state index contributed by atoms with van der Waals surface area (Å²) in [5.74, 6) is 3.35. The molecular weight excluding hydrogens is 404 g/mol. The summed E-state index contributed by atoms with van der Waals surface area (Å²) in [5.41, 5.74) is 8.51. The van der Waals surface area contributed by atoms with E-state index in [1.54, 1.807) is 18.0 Å². The molecule has 2 unspecified atom stereocenters. The van der Waals surface area contributed by atoms with Gasteiger partial charge in [0.15, 0.2) is 0 Å². The van der Waals surface area contributed by atoms with Gasteiger partial charge in [-0.1, -0.05) is 18.2 Å². The third-order valence-corrected chi connectivity index (χ3v) is 8.48. The number of nitrogens with two attached hydrogens (primary N) is 1. The van der Waals surface area contributed by atoms with E-state index in [0.29, 0.717) is 47.2 Å². The zero-order chi connectivity index (χ0) is 21.4. The molecule has 1 aromatic heterocycles. The van der Waals surface area contributed by atoms with E-state index in [4.69, 9.17) is 5.73 Å². The van der Waals surface area contributed by atoms with E-state index >= 15 is 0 Å². The van der Waals surface area contributed by atoms with Crippen LogP contribution >= 0.6 is 11.8 Å². The van der Waals surface area contributed by atoms with Crippen molar-refractivity contribution in [1.29, 1.82) is 5.26 Å². The molecule has 31 heavy (non-hydrogen) atoms. The maximum atomic E-state index is 9.57. The summed E-state index contributed by atoms with van der Waals surface area (Å²) in [4.78, 5) is 10.3. The number of nitrogens with one attached hydrogen (secondary N) is 2. The number of hydrogen-bond donors (Lipinski definition) is 3. The lowest BCUT2D eigenvalue weighted by Gasteiger charge is -2.59. The van der Waals surface area contributed by atoms with Gasteiger partial charge in [0, 0.05) is 24.0 Å². The topological polar surface area (TPSA) is 99.7 Å². The quantitative estimate of drug-likeness (QED) is 0.560. The van der Waals surface area contributed by atoms with Crippen LogP contribution < -0.4 is 16.4 Å². The number of hydrogen-bond acceptors (Lipinski definition) is 7. The summed E-state index contributed by atoms with van der Waals surface area (Å²) in [5, 5.41) is 16.4. The minimum absolute atomic E-state index is 0.301. The number of thioether (sulfide) groups is 1. The Morgan fingerprint density at radius 1 is 1.19 bits per heavy atom. The number of benzene rings is 1. The van der Waals surface area contributed by atoms with E-state index in [2.05, 4.69) is 45.1 Å². The second-order valence-corrected chi connectivity index (χ2v) is 10.5. The standard InChI is InChI=1S/C24H30N6S/c1-31-20-5-3-2-4-16(20)12-27-23-28-13-19(11-25)22(30-23)29-14-24-8-15-6-17(9-24)21(26)18(7-15)10-24/h2-5,13,15,17-18,21H,6-10,12,14,26H2,1H3,(H2,27,28,29,30). The second-order valence-electron chi connectivity index (χ2n) is 9.63. The molecule has 2 atom stereocenters. The normalized spacial score (nSPS) is 30.7. The molecule has 0 saturated heterocycles. The average Bonchev–Trinajstić information content (AvgIpc) is 2.79. The molecule has 0 amide bonds. The molecule has 6 rings (SSSR count). The fourth-order valence-electron chi connectivity index (χ4n) is 6.43. The zero-order valence-corrected chi connectivity index (χ0v) is 18.8. The van der Waals surface area contributed by atoms with Crippen LogP contribution in [0.2, 0.25) is 0 Å². The van der Waals surface area contributed by atoms with Gasteiger partial charge in [-0.25, -0.2) is 4.98 Å². The van der Waals surface area contributed by atoms with Crippen LogP contribution in [0.25, 0.3) is 0 Å². The molecule has 0 radical (unpaired) electrons. The Morgan fingerprint density at radius 2 is 1.97 bits per heavy atom. The van der Waals surface area contributed by atoms with Crippen molar-refractivity contribution >= 4 is 23.5 Å². The molecule has 0 aliphatic heterocycles. The summed E-state index contributed by atoms with van der Waals surface area (Å²) in [6.45, 7) is 1.51. The van der Waals surface area contributed by atoms with Crippen molar-refractivity contribution in [2.75, 3.05) is 23.4 Å². The van der Waals surface area contributed by atoms with Crippen molar-refractivity contribution in [3.8, 4) is 6.07 Å². The van der Waals surface area contributed by atoms with Crippen LogP contribution in [0.5, 0.6) is 0 Å². The van der Waals surface area contributed by atoms with Crippen LogP contribution in [0.4, 0.5) is 11.8 Å². The van der Waals surface area contributed by atoms with Crippen molar-refractivity contribution in [3.63, 3.8) is 0 Å². The van der Waals surface area contributed by atoms with Gasteiger partial charge in [0.1, 0.15) is 17.5 Å². The summed E-state index contributed by atoms with van der Waals surface area (Å²) >= 11 is 1.73. The predicted octanol–water partition coefficient (Wildman–Crippen LogP) is 4.25. The van der Waals surface area contributed by atoms with Gasteiger partial charge < -0.3 is 16.4 Å². The molecule has 0 spiro atoms. The molecule has 1 heterocycles. The summed E-state index contributed by atoms with van der Waals surface area (Å²) < 4.78 is 0. The molecule has 7 heteroatoms. The van der Waals surface area contributed by atoms with Crippen LogP contribution in [0.1, 0.15) is 43.2 Å². The van der Waals surface area contributed by atoms with E-state index in [1.165, 1.54) is 42.6 Å². The van der Waals surface area contributed by atoms with Gasteiger partial charge in [0.25, 0.3) is 0 Å². The maximum absolute atomic E-state index is 9.57. The summed E-state index contributed by atoms with van der Waals surface area (Å²) in [6.07, 6.45) is 10.0. The molecule has 4 N–H and O–H groups in total. The lowest BCUT2D eigenvalue weighted by molar-refractivity contribution is -0.0591. The highest BCUT2D eigenvalue weighted by Crippen LogP contribution is 2.59. The summed E-state index contributed by atoms with van der Waals surface area (Å²) in [6, 6.07) is 10.9. The second kappa shape index (κ2) is 8.33. The third kappa shape index (κ3) is 3.99. The molecule has 2 aromatic rings. The highest BCUT2D eigenvalue weighted by atomic mass is 32.2. The Morgan fingerprint density at radius 3 is 2.71 bits per heavy atom. The molecular formula is C24H30N6S. The molecule has 162 valence electrons. The molecule has 4 saturated carbocycles.